The fourth-order valence-corrected chi connectivity index (χ4v) is 4.42. The van der Waals surface area contributed by atoms with Gasteiger partial charge in [0.1, 0.15) is 23.2 Å². The summed E-state index contributed by atoms with van der Waals surface area (Å²) < 4.78 is 5.39. The van der Waals surface area contributed by atoms with Crippen molar-refractivity contribution in [2.45, 2.75) is 128 Å². The maximum absolute atomic E-state index is 13.5. The van der Waals surface area contributed by atoms with Crippen LogP contribution in [0, 0.1) is 0 Å². The first kappa shape index (κ1) is 28.9. The molecule has 200 valence electrons. The lowest BCUT2D eigenvalue weighted by Crippen LogP contribution is -2.57. The number of ether oxygens (including phenoxy) is 1. The summed E-state index contributed by atoms with van der Waals surface area (Å²) in [6.07, 6.45) is 8.28. The number of rotatable bonds is 13. The molecular formula is C26H46N4O5. The van der Waals surface area contributed by atoms with E-state index in [9.17, 15) is 19.2 Å². The summed E-state index contributed by atoms with van der Waals surface area (Å²) in [5, 5.41) is 8.54. The molecule has 0 bridgehead atoms. The van der Waals surface area contributed by atoms with E-state index in [0.717, 1.165) is 38.5 Å². The summed E-state index contributed by atoms with van der Waals surface area (Å²) in [6, 6.07) is -1.38. The van der Waals surface area contributed by atoms with Gasteiger partial charge < -0.3 is 25.6 Å². The average Bonchev–Trinajstić information content (AvgIpc) is 3.39. The molecule has 0 radical (unpaired) electrons. The molecule has 1 saturated heterocycles. The van der Waals surface area contributed by atoms with Crippen LogP contribution in [0.5, 0.6) is 0 Å². The standard InChI is InChI=1S/C26H46N4O5/c1-6-8-9-10-11-13-19(28-24(34)35-25(3,4)5)22(32)30-18-12-14-20(30)21(31)29-26(15-16-26)23(33)27-17-7-2/h19-20H,6-18H2,1-5H3,(H,27,33)(H,28,34)(H,29,31)/t19-,20-/m0/s1. The van der Waals surface area contributed by atoms with Crippen LogP contribution in [0.25, 0.3) is 0 Å². The molecule has 0 unspecified atom stereocenters. The zero-order chi connectivity index (χ0) is 26.1. The molecule has 1 saturated carbocycles. The van der Waals surface area contributed by atoms with E-state index in [4.69, 9.17) is 4.74 Å². The van der Waals surface area contributed by atoms with Crippen molar-refractivity contribution in [2.24, 2.45) is 0 Å². The largest absolute Gasteiger partial charge is 0.444 e. The number of likely N-dealkylation sites (tertiary alicyclic amines) is 1. The van der Waals surface area contributed by atoms with Gasteiger partial charge in [0.15, 0.2) is 0 Å². The highest BCUT2D eigenvalue weighted by Gasteiger charge is 2.52. The lowest BCUT2D eigenvalue weighted by atomic mass is 10.0. The van der Waals surface area contributed by atoms with E-state index in [1.807, 2.05) is 6.92 Å². The van der Waals surface area contributed by atoms with Crippen molar-refractivity contribution in [3.05, 3.63) is 0 Å². The van der Waals surface area contributed by atoms with E-state index in [0.29, 0.717) is 45.2 Å². The topological polar surface area (TPSA) is 117 Å². The summed E-state index contributed by atoms with van der Waals surface area (Å²) >= 11 is 0. The molecule has 0 aromatic carbocycles. The second-order valence-corrected chi connectivity index (χ2v) is 10.9. The molecule has 1 aliphatic carbocycles. The van der Waals surface area contributed by atoms with Gasteiger partial charge in [0.25, 0.3) is 0 Å². The predicted octanol–water partition coefficient (Wildman–Crippen LogP) is 3.41. The molecule has 2 atom stereocenters. The van der Waals surface area contributed by atoms with Gasteiger partial charge in [0.05, 0.1) is 0 Å². The molecule has 2 rings (SSSR count). The number of carbonyl (C=O) groups is 4. The number of nitrogens with one attached hydrogen (secondary N) is 3. The Morgan fingerprint density at radius 1 is 1.03 bits per heavy atom. The SMILES string of the molecule is CCCCCCC[C@H](NC(=O)OC(C)(C)C)C(=O)N1CCC[C@H]1C(=O)NC1(C(=O)NCCC)CC1. The van der Waals surface area contributed by atoms with Gasteiger partial charge in [-0.2, -0.15) is 0 Å². The highest BCUT2D eigenvalue weighted by atomic mass is 16.6. The van der Waals surface area contributed by atoms with Gasteiger partial charge in [-0.15, -0.1) is 0 Å². The molecule has 0 aromatic rings. The van der Waals surface area contributed by atoms with Crippen LogP contribution in [0.1, 0.15) is 105 Å². The zero-order valence-corrected chi connectivity index (χ0v) is 22.3. The number of carbonyl (C=O) groups excluding carboxylic acids is 4. The Labute approximate surface area is 210 Å². The van der Waals surface area contributed by atoms with Crippen molar-refractivity contribution in [3.63, 3.8) is 0 Å². The van der Waals surface area contributed by atoms with E-state index >= 15 is 0 Å². The molecule has 0 aromatic heterocycles. The zero-order valence-electron chi connectivity index (χ0n) is 22.3. The fourth-order valence-electron chi connectivity index (χ4n) is 4.42. The van der Waals surface area contributed by atoms with Gasteiger partial charge in [-0.25, -0.2) is 4.79 Å². The van der Waals surface area contributed by atoms with Gasteiger partial charge in [-0.05, 0) is 59.3 Å². The maximum atomic E-state index is 13.5. The van der Waals surface area contributed by atoms with E-state index in [2.05, 4.69) is 22.9 Å². The minimum Gasteiger partial charge on any atom is -0.444 e. The summed E-state index contributed by atoms with van der Waals surface area (Å²) in [6.45, 7) is 10.5. The van der Waals surface area contributed by atoms with Crippen molar-refractivity contribution in [2.75, 3.05) is 13.1 Å². The highest BCUT2D eigenvalue weighted by molar-refractivity contribution is 5.97. The Kier molecular flexibility index (Phi) is 10.8. The van der Waals surface area contributed by atoms with Crippen LogP contribution in [0.4, 0.5) is 4.79 Å². The third-order valence-electron chi connectivity index (χ3n) is 6.51. The van der Waals surface area contributed by atoms with Crippen molar-refractivity contribution < 1.29 is 23.9 Å². The summed E-state index contributed by atoms with van der Waals surface area (Å²) in [5.41, 5.74) is -1.52. The number of alkyl carbamates (subject to hydrolysis) is 1. The Bertz CT molecular complexity index is 745. The van der Waals surface area contributed by atoms with E-state index in [-0.39, 0.29) is 17.7 Å². The van der Waals surface area contributed by atoms with Crippen molar-refractivity contribution in [3.8, 4) is 0 Å². The molecule has 9 nitrogen and oxygen atoms in total. The molecule has 0 spiro atoms. The van der Waals surface area contributed by atoms with Crippen molar-refractivity contribution >= 4 is 23.8 Å². The van der Waals surface area contributed by atoms with E-state index in [1.54, 1.807) is 25.7 Å². The summed E-state index contributed by atoms with van der Waals surface area (Å²) in [7, 11) is 0. The van der Waals surface area contributed by atoms with Crippen LogP contribution < -0.4 is 16.0 Å². The number of amides is 4. The predicted molar refractivity (Wildman–Crippen MR) is 135 cm³/mol. The molecule has 1 heterocycles. The minimum absolute atomic E-state index is 0.153. The van der Waals surface area contributed by atoms with E-state index < -0.39 is 29.3 Å². The van der Waals surface area contributed by atoms with Crippen LogP contribution >= 0.6 is 0 Å². The quantitative estimate of drug-likeness (QED) is 0.339. The Morgan fingerprint density at radius 2 is 1.71 bits per heavy atom. The third kappa shape index (κ3) is 9.00. The first-order chi connectivity index (χ1) is 16.5. The molecule has 2 fully saturated rings. The molecular weight excluding hydrogens is 448 g/mol. The molecule has 9 heteroatoms. The Hall–Kier alpha value is -2.32. The van der Waals surface area contributed by atoms with Gasteiger partial charge >= 0.3 is 6.09 Å². The normalized spacial score (nSPS) is 19.6. The minimum atomic E-state index is -0.850. The lowest BCUT2D eigenvalue weighted by Gasteiger charge is -2.30. The van der Waals surface area contributed by atoms with Crippen molar-refractivity contribution in [1.29, 1.82) is 0 Å². The fraction of sp³-hybridized carbons (Fsp3) is 0.846. The first-order valence-electron chi connectivity index (χ1n) is 13.4. The number of unbranched alkanes of at least 4 members (excludes halogenated alkanes) is 4. The number of hydrogen-bond donors (Lipinski definition) is 3. The van der Waals surface area contributed by atoms with Gasteiger partial charge in [0, 0.05) is 13.1 Å². The van der Waals surface area contributed by atoms with Gasteiger partial charge in [0.2, 0.25) is 17.7 Å². The van der Waals surface area contributed by atoms with Crippen LogP contribution in [0.2, 0.25) is 0 Å². The second-order valence-electron chi connectivity index (χ2n) is 10.9. The number of nitrogens with zero attached hydrogens (tertiary/aromatic N) is 1. The Morgan fingerprint density at radius 3 is 2.31 bits per heavy atom. The molecule has 3 N–H and O–H groups in total. The average molecular weight is 495 g/mol. The summed E-state index contributed by atoms with van der Waals surface area (Å²) in [4.78, 5) is 53.3. The van der Waals surface area contributed by atoms with Crippen molar-refractivity contribution in [1.82, 2.24) is 20.9 Å². The summed E-state index contributed by atoms with van der Waals surface area (Å²) in [5.74, 6) is -0.705. The first-order valence-corrected chi connectivity index (χ1v) is 13.4. The smallest absolute Gasteiger partial charge is 0.408 e. The highest BCUT2D eigenvalue weighted by Crippen LogP contribution is 2.36. The van der Waals surface area contributed by atoms with E-state index in [1.165, 1.54) is 0 Å². The van der Waals surface area contributed by atoms with Crippen LogP contribution in [-0.2, 0) is 19.1 Å². The third-order valence-corrected chi connectivity index (χ3v) is 6.51. The van der Waals surface area contributed by atoms with Gasteiger partial charge in [-0.1, -0.05) is 46.0 Å². The van der Waals surface area contributed by atoms with Crippen LogP contribution in [0.3, 0.4) is 0 Å². The number of hydrogen-bond acceptors (Lipinski definition) is 5. The maximum Gasteiger partial charge on any atom is 0.408 e. The molecule has 2 aliphatic rings. The van der Waals surface area contributed by atoms with Crippen LogP contribution in [0.15, 0.2) is 0 Å². The van der Waals surface area contributed by atoms with Crippen LogP contribution in [-0.4, -0.2) is 65.0 Å². The monoisotopic (exact) mass is 494 g/mol. The Balaban J connectivity index is 2.04. The lowest BCUT2D eigenvalue weighted by molar-refractivity contribution is -0.141. The second kappa shape index (κ2) is 13.1. The molecule has 4 amide bonds. The van der Waals surface area contributed by atoms with Gasteiger partial charge in [-0.3, -0.25) is 14.4 Å². The molecule has 35 heavy (non-hydrogen) atoms. The molecule has 1 aliphatic heterocycles.